The fourth-order valence-electron chi connectivity index (χ4n) is 2.27. The number of hydrogen-bond acceptors (Lipinski definition) is 2. The van der Waals surface area contributed by atoms with Gasteiger partial charge < -0.3 is 10.6 Å². The summed E-state index contributed by atoms with van der Waals surface area (Å²) in [7, 11) is 0. The molecule has 0 unspecified atom stereocenters. The second-order valence-corrected chi connectivity index (χ2v) is 4.61. The van der Waals surface area contributed by atoms with Gasteiger partial charge in [-0.25, -0.2) is 0 Å². The highest BCUT2D eigenvalue weighted by molar-refractivity contribution is 5.76. The summed E-state index contributed by atoms with van der Waals surface area (Å²) in [5.74, 6) is 0.311. The van der Waals surface area contributed by atoms with Gasteiger partial charge in [-0.15, -0.1) is 0 Å². The van der Waals surface area contributed by atoms with Crippen LogP contribution >= 0.6 is 0 Å². The van der Waals surface area contributed by atoms with Gasteiger partial charge in [0, 0.05) is 26.1 Å². The SMILES string of the molecule is NCc1cccc(CCN2CCCCC2=O)c1. The Balaban J connectivity index is 1.90. The van der Waals surface area contributed by atoms with Crippen LogP contribution in [0.5, 0.6) is 0 Å². The molecule has 1 amide bonds. The number of nitrogens with two attached hydrogens (primary N) is 1. The normalized spacial score (nSPS) is 16.3. The van der Waals surface area contributed by atoms with Crippen molar-refractivity contribution in [1.29, 1.82) is 0 Å². The number of likely N-dealkylation sites (tertiary alicyclic amines) is 1. The average Bonchev–Trinajstić information content (AvgIpc) is 2.38. The molecule has 0 bridgehead atoms. The van der Waals surface area contributed by atoms with E-state index in [-0.39, 0.29) is 0 Å². The van der Waals surface area contributed by atoms with Crippen LogP contribution < -0.4 is 5.73 Å². The van der Waals surface area contributed by atoms with E-state index < -0.39 is 0 Å². The van der Waals surface area contributed by atoms with E-state index in [1.807, 2.05) is 17.0 Å². The summed E-state index contributed by atoms with van der Waals surface area (Å²) in [5, 5.41) is 0. The Morgan fingerprint density at radius 3 is 2.82 bits per heavy atom. The zero-order chi connectivity index (χ0) is 12.1. The van der Waals surface area contributed by atoms with Gasteiger partial charge in [0.1, 0.15) is 0 Å². The molecule has 1 aromatic carbocycles. The summed E-state index contributed by atoms with van der Waals surface area (Å²) in [6, 6.07) is 8.31. The predicted molar refractivity (Wildman–Crippen MR) is 68.5 cm³/mol. The molecule has 1 fully saturated rings. The van der Waals surface area contributed by atoms with Crippen molar-refractivity contribution in [3.8, 4) is 0 Å². The van der Waals surface area contributed by atoms with Gasteiger partial charge in [-0.2, -0.15) is 0 Å². The molecule has 1 aromatic rings. The van der Waals surface area contributed by atoms with Crippen LogP contribution in [0.1, 0.15) is 30.4 Å². The molecule has 0 atom stereocenters. The second kappa shape index (κ2) is 5.82. The van der Waals surface area contributed by atoms with Crippen molar-refractivity contribution in [2.45, 2.75) is 32.2 Å². The van der Waals surface area contributed by atoms with Crippen molar-refractivity contribution in [1.82, 2.24) is 4.90 Å². The molecule has 0 aromatic heterocycles. The molecule has 1 aliphatic heterocycles. The van der Waals surface area contributed by atoms with Crippen molar-refractivity contribution in [2.24, 2.45) is 5.73 Å². The van der Waals surface area contributed by atoms with E-state index in [0.717, 1.165) is 44.3 Å². The van der Waals surface area contributed by atoms with Crippen molar-refractivity contribution in [2.75, 3.05) is 13.1 Å². The van der Waals surface area contributed by atoms with Crippen LogP contribution in [0, 0.1) is 0 Å². The van der Waals surface area contributed by atoms with Crippen molar-refractivity contribution in [3.63, 3.8) is 0 Å². The minimum absolute atomic E-state index is 0.311. The zero-order valence-corrected chi connectivity index (χ0v) is 10.2. The second-order valence-electron chi connectivity index (χ2n) is 4.61. The van der Waals surface area contributed by atoms with Gasteiger partial charge in [-0.05, 0) is 30.4 Å². The van der Waals surface area contributed by atoms with Crippen LogP contribution in [0.2, 0.25) is 0 Å². The van der Waals surface area contributed by atoms with E-state index in [4.69, 9.17) is 5.73 Å². The maximum atomic E-state index is 11.6. The first-order valence-corrected chi connectivity index (χ1v) is 6.35. The van der Waals surface area contributed by atoms with Crippen molar-refractivity contribution >= 4 is 5.91 Å². The molecule has 2 N–H and O–H groups in total. The van der Waals surface area contributed by atoms with E-state index in [9.17, 15) is 4.79 Å². The minimum Gasteiger partial charge on any atom is -0.342 e. The highest BCUT2D eigenvalue weighted by atomic mass is 16.2. The fourth-order valence-corrected chi connectivity index (χ4v) is 2.27. The van der Waals surface area contributed by atoms with Crippen molar-refractivity contribution < 1.29 is 4.79 Å². The maximum Gasteiger partial charge on any atom is 0.222 e. The van der Waals surface area contributed by atoms with Gasteiger partial charge >= 0.3 is 0 Å². The number of carbonyl (C=O) groups is 1. The summed E-state index contributed by atoms with van der Waals surface area (Å²) in [5.41, 5.74) is 8.04. The quantitative estimate of drug-likeness (QED) is 0.859. The largest absolute Gasteiger partial charge is 0.342 e. The lowest BCUT2D eigenvalue weighted by atomic mass is 10.1. The third kappa shape index (κ3) is 3.30. The molecule has 92 valence electrons. The average molecular weight is 232 g/mol. The van der Waals surface area contributed by atoms with E-state index in [2.05, 4.69) is 12.1 Å². The first-order chi connectivity index (χ1) is 8.29. The molecule has 2 rings (SSSR count). The molecule has 3 heteroatoms. The lowest BCUT2D eigenvalue weighted by Gasteiger charge is -2.26. The van der Waals surface area contributed by atoms with Gasteiger partial charge in [-0.1, -0.05) is 24.3 Å². The van der Waals surface area contributed by atoms with Gasteiger partial charge in [-0.3, -0.25) is 4.79 Å². The molecule has 3 nitrogen and oxygen atoms in total. The van der Waals surface area contributed by atoms with E-state index in [1.54, 1.807) is 0 Å². The molecule has 17 heavy (non-hydrogen) atoms. The molecular formula is C14H20N2O. The van der Waals surface area contributed by atoms with Crippen LogP contribution in [-0.4, -0.2) is 23.9 Å². The number of carbonyl (C=O) groups excluding carboxylic acids is 1. The summed E-state index contributed by atoms with van der Waals surface area (Å²) in [6.45, 7) is 2.35. The maximum absolute atomic E-state index is 11.6. The Bertz CT molecular complexity index is 390. The molecule has 0 aliphatic carbocycles. The van der Waals surface area contributed by atoms with Gasteiger partial charge in [0.15, 0.2) is 0 Å². The van der Waals surface area contributed by atoms with Gasteiger partial charge in [0.2, 0.25) is 5.91 Å². The Hall–Kier alpha value is -1.35. The number of benzene rings is 1. The summed E-state index contributed by atoms with van der Waals surface area (Å²) in [6.07, 6.45) is 3.86. The van der Waals surface area contributed by atoms with Gasteiger partial charge in [0.05, 0.1) is 0 Å². The predicted octanol–water partition coefficient (Wildman–Crippen LogP) is 1.70. The molecule has 0 saturated carbocycles. The number of nitrogens with zero attached hydrogens (tertiary/aromatic N) is 1. The standard InChI is InChI=1S/C14H20N2O/c15-11-13-5-3-4-12(10-13)7-9-16-8-2-1-6-14(16)17/h3-5,10H,1-2,6-9,11,15H2. The fraction of sp³-hybridized carbons (Fsp3) is 0.500. The first kappa shape index (κ1) is 12.1. The highest BCUT2D eigenvalue weighted by Crippen LogP contribution is 2.12. The lowest BCUT2D eigenvalue weighted by Crippen LogP contribution is -2.36. The molecule has 0 spiro atoms. The van der Waals surface area contributed by atoms with Gasteiger partial charge in [0.25, 0.3) is 0 Å². The van der Waals surface area contributed by atoms with Crippen LogP contribution in [0.25, 0.3) is 0 Å². The number of hydrogen-bond donors (Lipinski definition) is 1. The van der Waals surface area contributed by atoms with Crippen LogP contribution in [0.15, 0.2) is 24.3 Å². The smallest absolute Gasteiger partial charge is 0.222 e. The van der Waals surface area contributed by atoms with Crippen molar-refractivity contribution in [3.05, 3.63) is 35.4 Å². The zero-order valence-electron chi connectivity index (χ0n) is 10.2. The summed E-state index contributed by atoms with van der Waals surface area (Å²) >= 11 is 0. The number of piperidine rings is 1. The third-order valence-electron chi connectivity index (χ3n) is 3.32. The highest BCUT2D eigenvalue weighted by Gasteiger charge is 2.17. The minimum atomic E-state index is 0.311. The summed E-state index contributed by atoms with van der Waals surface area (Å²) < 4.78 is 0. The number of rotatable bonds is 4. The Morgan fingerprint density at radius 2 is 2.06 bits per heavy atom. The summed E-state index contributed by atoms with van der Waals surface area (Å²) in [4.78, 5) is 13.6. The molecule has 0 radical (unpaired) electrons. The monoisotopic (exact) mass is 232 g/mol. The van der Waals surface area contributed by atoms with Crippen LogP contribution in [0.3, 0.4) is 0 Å². The lowest BCUT2D eigenvalue weighted by molar-refractivity contribution is -0.133. The van der Waals surface area contributed by atoms with E-state index in [1.165, 1.54) is 5.56 Å². The van der Waals surface area contributed by atoms with E-state index in [0.29, 0.717) is 12.5 Å². The van der Waals surface area contributed by atoms with Crippen LogP contribution in [0.4, 0.5) is 0 Å². The molecule has 1 heterocycles. The Labute approximate surface area is 103 Å². The molecule has 1 saturated heterocycles. The topological polar surface area (TPSA) is 46.3 Å². The Morgan fingerprint density at radius 1 is 1.24 bits per heavy atom. The molecular weight excluding hydrogens is 212 g/mol. The Kier molecular flexibility index (Phi) is 4.15. The number of amides is 1. The van der Waals surface area contributed by atoms with E-state index >= 15 is 0 Å². The van der Waals surface area contributed by atoms with Crippen LogP contribution in [-0.2, 0) is 17.8 Å². The molecule has 1 aliphatic rings. The first-order valence-electron chi connectivity index (χ1n) is 6.35. The third-order valence-corrected chi connectivity index (χ3v) is 3.32.